The molecule has 6 nitrogen and oxygen atoms in total. The quantitative estimate of drug-likeness (QED) is 0.765. The van der Waals surface area contributed by atoms with Crippen LogP contribution in [0.25, 0.3) is 0 Å². The fraction of sp³-hybridized carbons (Fsp3) is 0.400. The van der Waals surface area contributed by atoms with Gasteiger partial charge in [-0.15, -0.1) is 0 Å². The molecule has 21 heavy (non-hydrogen) atoms. The summed E-state index contributed by atoms with van der Waals surface area (Å²) in [6, 6.07) is 6.47. The van der Waals surface area contributed by atoms with Gasteiger partial charge in [0, 0.05) is 12.5 Å². The molecule has 3 amide bonds. The highest BCUT2D eigenvalue weighted by Crippen LogP contribution is 2.20. The third kappa shape index (κ3) is 3.21. The number of benzene rings is 1. The number of anilines is 1. The Bertz CT molecular complexity index is 596. The van der Waals surface area contributed by atoms with E-state index < -0.39 is 6.04 Å². The second kappa shape index (κ2) is 5.55. The fourth-order valence-electron chi connectivity index (χ4n) is 2.32. The van der Waals surface area contributed by atoms with Crippen molar-refractivity contribution in [2.24, 2.45) is 0 Å². The molecule has 6 heteroatoms. The molecule has 1 aromatic rings. The van der Waals surface area contributed by atoms with Crippen LogP contribution in [-0.4, -0.2) is 29.8 Å². The minimum absolute atomic E-state index is 0.0682. The van der Waals surface area contributed by atoms with Gasteiger partial charge in [-0.05, 0) is 31.4 Å². The normalized spacial score (nSPS) is 20.9. The molecule has 0 radical (unpaired) electrons. The molecule has 1 fully saturated rings. The second-order valence-electron chi connectivity index (χ2n) is 5.44. The third-order valence-corrected chi connectivity index (χ3v) is 3.65. The van der Waals surface area contributed by atoms with E-state index in [2.05, 4.69) is 16.0 Å². The van der Waals surface area contributed by atoms with Crippen LogP contribution in [0.1, 0.15) is 36.0 Å². The zero-order valence-electron chi connectivity index (χ0n) is 11.5. The molecule has 3 N–H and O–H groups in total. The van der Waals surface area contributed by atoms with E-state index in [-0.39, 0.29) is 24.1 Å². The Morgan fingerprint density at radius 2 is 2.00 bits per heavy atom. The third-order valence-electron chi connectivity index (χ3n) is 3.65. The lowest BCUT2D eigenvalue weighted by atomic mass is 10.1. The zero-order valence-corrected chi connectivity index (χ0v) is 11.5. The van der Waals surface area contributed by atoms with Gasteiger partial charge in [0.25, 0.3) is 5.91 Å². The van der Waals surface area contributed by atoms with Gasteiger partial charge in [-0.3, -0.25) is 14.4 Å². The van der Waals surface area contributed by atoms with E-state index in [4.69, 9.17) is 0 Å². The maximum atomic E-state index is 12.1. The average molecular weight is 287 g/mol. The van der Waals surface area contributed by atoms with Crippen molar-refractivity contribution in [1.29, 1.82) is 0 Å². The van der Waals surface area contributed by atoms with Gasteiger partial charge in [0.2, 0.25) is 11.8 Å². The lowest BCUT2D eigenvalue weighted by Crippen LogP contribution is -2.42. The van der Waals surface area contributed by atoms with E-state index in [1.807, 2.05) is 0 Å². The number of hydrogen-bond acceptors (Lipinski definition) is 3. The largest absolute Gasteiger partial charge is 0.353 e. The summed E-state index contributed by atoms with van der Waals surface area (Å²) < 4.78 is 0. The maximum Gasteiger partial charge on any atom is 0.254 e. The van der Waals surface area contributed by atoms with E-state index in [0.717, 1.165) is 12.8 Å². The Morgan fingerprint density at radius 1 is 1.24 bits per heavy atom. The summed E-state index contributed by atoms with van der Waals surface area (Å²) in [6.07, 6.45) is 2.58. The van der Waals surface area contributed by atoms with Gasteiger partial charge in [-0.25, -0.2) is 0 Å². The van der Waals surface area contributed by atoms with Gasteiger partial charge in [0.05, 0.1) is 11.3 Å². The Kier molecular flexibility index (Phi) is 3.60. The van der Waals surface area contributed by atoms with Crippen molar-refractivity contribution in [2.75, 3.05) is 5.32 Å². The Hall–Kier alpha value is -2.37. The number of carbonyl (C=O) groups is 3. The number of hydrogen-bond donors (Lipinski definition) is 3. The van der Waals surface area contributed by atoms with Crippen molar-refractivity contribution in [3.8, 4) is 0 Å². The van der Waals surface area contributed by atoms with Crippen LogP contribution in [0.4, 0.5) is 5.69 Å². The lowest BCUT2D eigenvalue weighted by Gasteiger charge is -2.14. The molecule has 1 aliphatic carbocycles. The molecule has 0 aromatic heterocycles. The summed E-state index contributed by atoms with van der Waals surface area (Å²) in [6.45, 7) is 0. The van der Waals surface area contributed by atoms with E-state index in [0.29, 0.717) is 23.7 Å². The first-order chi connectivity index (χ1) is 10.1. The summed E-state index contributed by atoms with van der Waals surface area (Å²) in [5.74, 6) is -0.648. The Morgan fingerprint density at radius 3 is 2.76 bits per heavy atom. The first-order valence-corrected chi connectivity index (χ1v) is 7.13. The number of carbonyl (C=O) groups excluding carboxylic acids is 3. The van der Waals surface area contributed by atoms with Crippen molar-refractivity contribution >= 4 is 23.4 Å². The smallest absolute Gasteiger partial charge is 0.254 e. The number of para-hydroxylation sites is 1. The highest BCUT2D eigenvalue weighted by Gasteiger charge is 2.29. The van der Waals surface area contributed by atoms with Gasteiger partial charge >= 0.3 is 0 Å². The molecule has 2 aliphatic rings. The predicted octanol–water partition coefficient (Wildman–Crippen LogP) is 0.796. The average Bonchev–Trinajstić information content (AvgIpc) is 3.27. The van der Waals surface area contributed by atoms with Gasteiger partial charge in [0.1, 0.15) is 6.04 Å². The van der Waals surface area contributed by atoms with Crippen LogP contribution in [0.2, 0.25) is 0 Å². The van der Waals surface area contributed by atoms with Crippen LogP contribution in [0, 0.1) is 0 Å². The summed E-state index contributed by atoms with van der Waals surface area (Å²) in [5.41, 5.74) is 0.945. The summed E-state index contributed by atoms with van der Waals surface area (Å²) >= 11 is 0. The van der Waals surface area contributed by atoms with E-state index in [9.17, 15) is 14.4 Å². The Labute approximate surface area is 122 Å². The zero-order chi connectivity index (χ0) is 14.8. The predicted molar refractivity (Wildman–Crippen MR) is 76.7 cm³/mol. The first kappa shape index (κ1) is 13.6. The Balaban J connectivity index is 1.63. The van der Waals surface area contributed by atoms with Crippen LogP contribution < -0.4 is 16.0 Å². The molecule has 1 heterocycles. The van der Waals surface area contributed by atoms with E-state index >= 15 is 0 Å². The summed E-state index contributed by atoms with van der Waals surface area (Å²) in [5, 5.41) is 8.27. The maximum absolute atomic E-state index is 12.1. The molecule has 0 saturated heterocycles. The van der Waals surface area contributed by atoms with Crippen LogP contribution in [-0.2, 0) is 9.59 Å². The van der Waals surface area contributed by atoms with Gasteiger partial charge in [-0.2, -0.15) is 0 Å². The molecule has 1 atom stereocenters. The van der Waals surface area contributed by atoms with Gasteiger partial charge < -0.3 is 16.0 Å². The topological polar surface area (TPSA) is 87.3 Å². The monoisotopic (exact) mass is 287 g/mol. The molecule has 3 rings (SSSR count). The minimum Gasteiger partial charge on any atom is -0.353 e. The highest BCUT2D eigenvalue weighted by atomic mass is 16.2. The van der Waals surface area contributed by atoms with Crippen molar-refractivity contribution in [1.82, 2.24) is 10.6 Å². The molecule has 0 bridgehead atoms. The number of nitrogens with one attached hydrogen (secondary N) is 3. The molecular formula is C15H17N3O3. The first-order valence-electron chi connectivity index (χ1n) is 7.13. The number of fused-ring (bicyclic) bond motifs is 1. The van der Waals surface area contributed by atoms with Crippen LogP contribution in [0.15, 0.2) is 24.3 Å². The molecule has 0 spiro atoms. The van der Waals surface area contributed by atoms with Crippen molar-refractivity contribution in [3.05, 3.63) is 29.8 Å². The SMILES string of the molecule is O=C(CC[C@@H]1NC(=O)c2ccccc2NC1=O)NC1CC1. The standard InChI is InChI=1S/C15H17N3O3/c19-13(16-9-5-6-9)8-7-12-15(21)17-11-4-2-1-3-10(11)14(20)18-12/h1-4,9,12H,5-8H2,(H,16,19)(H,17,21)(H,18,20)/t12-/m0/s1. The second-order valence-corrected chi connectivity index (χ2v) is 5.44. The van der Waals surface area contributed by atoms with Gasteiger partial charge in [-0.1, -0.05) is 12.1 Å². The molecular weight excluding hydrogens is 270 g/mol. The van der Waals surface area contributed by atoms with Crippen LogP contribution in [0.3, 0.4) is 0 Å². The van der Waals surface area contributed by atoms with E-state index in [1.165, 1.54) is 0 Å². The lowest BCUT2D eigenvalue weighted by molar-refractivity contribution is -0.122. The van der Waals surface area contributed by atoms with Crippen molar-refractivity contribution < 1.29 is 14.4 Å². The van der Waals surface area contributed by atoms with Gasteiger partial charge in [0.15, 0.2) is 0 Å². The minimum atomic E-state index is -0.685. The van der Waals surface area contributed by atoms with Crippen LogP contribution >= 0.6 is 0 Å². The fourth-order valence-corrected chi connectivity index (χ4v) is 2.32. The van der Waals surface area contributed by atoms with Crippen molar-refractivity contribution in [3.63, 3.8) is 0 Å². The number of amides is 3. The molecule has 1 saturated carbocycles. The highest BCUT2D eigenvalue weighted by molar-refractivity contribution is 6.09. The summed E-state index contributed by atoms with van der Waals surface area (Å²) in [4.78, 5) is 35.9. The van der Waals surface area contributed by atoms with Crippen LogP contribution in [0.5, 0.6) is 0 Å². The van der Waals surface area contributed by atoms with Crippen molar-refractivity contribution in [2.45, 2.75) is 37.8 Å². The summed E-state index contributed by atoms with van der Waals surface area (Å²) in [7, 11) is 0. The molecule has 1 aromatic carbocycles. The molecule has 0 unspecified atom stereocenters. The molecule has 1 aliphatic heterocycles. The molecule has 110 valence electrons. The number of rotatable bonds is 4. The van der Waals surface area contributed by atoms with E-state index in [1.54, 1.807) is 24.3 Å².